The number of halogens is 1. The minimum absolute atomic E-state index is 0.601. The number of benzene rings is 2. The molecule has 2 aromatic carbocycles. The molecule has 0 aliphatic heterocycles. The summed E-state index contributed by atoms with van der Waals surface area (Å²) in [6.45, 7) is 4.11. The molecule has 0 radical (unpaired) electrons. The second-order valence-corrected chi connectivity index (χ2v) is 4.58. The summed E-state index contributed by atoms with van der Waals surface area (Å²) in [5.41, 5.74) is 5.06. The highest BCUT2D eigenvalue weighted by molar-refractivity contribution is 6.33. The molecular weight excluding hydrogens is 232 g/mol. The van der Waals surface area contributed by atoms with Gasteiger partial charge in [-0.1, -0.05) is 47.5 Å². The van der Waals surface area contributed by atoms with E-state index in [1.807, 2.05) is 6.07 Å². The fourth-order valence-corrected chi connectivity index (χ4v) is 2.14. The minimum atomic E-state index is 0.601. The van der Waals surface area contributed by atoms with Gasteiger partial charge in [0, 0.05) is 16.1 Å². The monoisotopic (exact) mass is 244 g/mol. The van der Waals surface area contributed by atoms with E-state index in [-0.39, 0.29) is 0 Å². The molecule has 0 aliphatic carbocycles. The molecule has 0 aliphatic rings. The van der Waals surface area contributed by atoms with E-state index in [1.165, 1.54) is 11.1 Å². The van der Waals surface area contributed by atoms with E-state index in [2.05, 4.69) is 32.0 Å². The molecule has 0 heterocycles. The maximum absolute atomic E-state index is 10.7. The molecule has 1 nitrogen and oxygen atoms in total. The van der Waals surface area contributed by atoms with Crippen molar-refractivity contribution in [2.45, 2.75) is 13.8 Å². The third-order valence-corrected chi connectivity index (χ3v) is 3.13. The Morgan fingerprint density at radius 2 is 1.76 bits per heavy atom. The van der Waals surface area contributed by atoms with E-state index in [4.69, 9.17) is 11.6 Å². The topological polar surface area (TPSA) is 17.1 Å². The molecule has 0 saturated heterocycles. The first kappa shape index (κ1) is 11.9. The van der Waals surface area contributed by atoms with Crippen LogP contribution in [0.1, 0.15) is 21.5 Å². The molecule has 0 amide bonds. The fraction of sp³-hybridized carbons (Fsp3) is 0.133. The molecule has 0 unspecified atom stereocenters. The van der Waals surface area contributed by atoms with Crippen LogP contribution >= 0.6 is 11.6 Å². The molecule has 0 bridgehead atoms. The fourth-order valence-electron chi connectivity index (χ4n) is 1.85. The quantitative estimate of drug-likeness (QED) is 0.714. The van der Waals surface area contributed by atoms with Gasteiger partial charge >= 0.3 is 0 Å². The van der Waals surface area contributed by atoms with E-state index < -0.39 is 0 Å². The summed E-state index contributed by atoms with van der Waals surface area (Å²) in [4.78, 5) is 10.7. The Hall–Kier alpha value is -1.60. The van der Waals surface area contributed by atoms with Crippen molar-refractivity contribution in [1.29, 1.82) is 0 Å². The molecule has 2 aromatic rings. The molecule has 0 fully saturated rings. The van der Waals surface area contributed by atoms with Crippen LogP contribution in [0.3, 0.4) is 0 Å². The molecule has 86 valence electrons. The summed E-state index contributed by atoms with van der Waals surface area (Å²) in [7, 11) is 0. The van der Waals surface area contributed by atoms with Crippen LogP contribution in [-0.2, 0) is 0 Å². The number of aldehydes is 1. The smallest absolute Gasteiger partial charge is 0.150 e. The van der Waals surface area contributed by atoms with Gasteiger partial charge in [-0.3, -0.25) is 4.79 Å². The van der Waals surface area contributed by atoms with Gasteiger partial charge in [0.25, 0.3) is 0 Å². The zero-order chi connectivity index (χ0) is 12.4. The van der Waals surface area contributed by atoms with Gasteiger partial charge in [0.1, 0.15) is 6.29 Å². The molecular formula is C15H13ClO. The SMILES string of the molecule is Cc1ccc(C)c(-c2ccc(C=O)cc2Cl)c1. The highest BCUT2D eigenvalue weighted by atomic mass is 35.5. The van der Waals surface area contributed by atoms with Gasteiger partial charge in [-0.05, 0) is 31.0 Å². The van der Waals surface area contributed by atoms with Gasteiger partial charge in [0.2, 0.25) is 0 Å². The number of hydrogen-bond acceptors (Lipinski definition) is 1. The van der Waals surface area contributed by atoms with E-state index in [0.29, 0.717) is 10.6 Å². The first-order valence-electron chi connectivity index (χ1n) is 5.44. The van der Waals surface area contributed by atoms with Crippen molar-refractivity contribution in [2.24, 2.45) is 0 Å². The van der Waals surface area contributed by atoms with Crippen LogP contribution in [0, 0.1) is 13.8 Å². The van der Waals surface area contributed by atoms with Crippen LogP contribution in [0.15, 0.2) is 36.4 Å². The molecule has 2 rings (SSSR count). The maximum Gasteiger partial charge on any atom is 0.150 e. The van der Waals surface area contributed by atoms with Crippen LogP contribution in [-0.4, -0.2) is 6.29 Å². The minimum Gasteiger partial charge on any atom is -0.298 e. The lowest BCUT2D eigenvalue weighted by molar-refractivity contribution is 0.112. The van der Waals surface area contributed by atoms with E-state index in [0.717, 1.165) is 17.4 Å². The number of rotatable bonds is 2. The molecule has 0 aromatic heterocycles. The van der Waals surface area contributed by atoms with Crippen LogP contribution in [0.4, 0.5) is 0 Å². The Balaban J connectivity index is 2.60. The highest BCUT2D eigenvalue weighted by Gasteiger charge is 2.07. The lowest BCUT2D eigenvalue weighted by Crippen LogP contribution is -1.88. The first-order valence-corrected chi connectivity index (χ1v) is 5.82. The van der Waals surface area contributed by atoms with Gasteiger partial charge < -0.3 is 0 Å². The largest absolute Gasteiger partial charge is 0.298 e. The summed E-state index contributed by atoms with van der Waals surface area (Å²) in [5, 5.41) is 0.614. The number of hydrogen-bond donors (Lipinski definition) is 0. The van der Waals surface area contributed by atoms with Crippen LogP contribution in [0.5, 0.6) is 0 Å². The lowest BCUT2D eigenvalue weighted by atomic mass is 9.97. The summed E-state index contributed by atoms with van der Waals surface area (Å²) < 4.78 is 0. The van der Waals surface area contributed by atoms with Crippen molar-refractivity contribution in [2.75, 3.05) is 0 Å². The van der Waals surface area contributed by atoms with Gasteiger partial charge in [0.05, 0.1) is 0 Å². The second kappa shape index (κ2) is 4.72. The molecule has 0 spiro atoms. The van der Waals surface area contributed by atoms with Crippen molar-refractivity contribution >= 4 is 17.9 Å². The third-order valence-electron chi connectivity index (χ3n) is 2.81. The van der Waals surface area contributed by atoms with E-state index in [9.17, 15) is 4.79 Å². The second-order valence-electron chi connectivity index (χ2n) is 4.18. The highest BCUT2D eigenvalue weighted by Crippen LogP contribution is 2.31. The molecule has 17 heavy (non-hydrogen) atoms. The Morgan fingerprint density at radius 3 is 2.41 bits per heavy atom. The summed E-state index contributed by atoms with van der Waals surface area (Å²) >= 11 is 6.21. The normalized spacial score (nSPS) is 10.3. The average molecular weight is 245 g/mol. The van der Waals surface area contributed by atoms with Crippen molar-refractivity contribution in [3.63, 3.8) is 0 Å². The molecule has 2 heteroatoms. The third kappa shape index (κ3) is 2.40. The number of aryl methyl sites for hydroxylation is 2. The maximum atomic E-state index is 10.7. The number of carbonyl (C=O) groups excluding carboxylic acids is 1. The zero-order valence-corrected chi connectivity index (χ0v) is 10.6. The van der Waals surface area contributed by atoms with Crippen LogP contribution < -0.4 is 0 Å². The molecule has 0 saturated carbocycles. The van der Waals surface area contributed by atoms with Crippen molar-refractivity contribution in [3.05, 3.63) is 58.1 Å². The van der Waals surface area contributed by atoms with Gasteiger partial charge in [-0.15, -0.1) is 0 Å². The lowest BCUT2D eigenvalue weighted by Gasteiger charge is -2.09. The predicted octanol–water partition coefficient (Wildman–Crippen LogP) is 4.44. The standard InChI is InChI=1S/C15H13ClO/c1-10-3-4-11(2)14(7-10)13-6-5-12(9-17)8-15(13)16/h3-9H,1-2H3. The summed E-state index contributed by atoms with van der Waals surface area (Å²) in [6, 6.07) is 11.6. The molecule has 0 N–H and O–H groups in total. The Bertz CT molecular complexity index is 573. The van der Waals surface area contributed by atoms with E-state index in [1.54, 1.807) is 12.1 Å². The first-order chi connectivity index (χ1) is 8.11. The summed E-state index contributed by atoms with van der Waals surface area (Å²) in [5.74, 6) is 0. The van der Waals surface area contributed by atoms with Gasteiger partial charge in [-0.2, -0.15) is 0 Å². The zero-order valence-electron chi connectivity index (χ0n) is 9.83. The van der Waals surface area contributed by atoms with Crippen LogP contribution in [0.2, 0.25) is 5.02 Å². The van der Waals surface area contributed by atoms with E-state index >= 15 is 0 Å². The average Bonchev–Trinajstić information content (AvgIpc) is 2.32. The Labute approximate surface area is 106 Å². The Morgan fingerprint density at radius 1 is 1.00 bits per heavy atom. The van der Waals surface area contributed by atoms with Gasteiger partial charge in [0.15, 0.2) is 0 Å². The van der Waals surface area contributed by atoms with Crippen molar-refractivity contribution < 1.29 is 4.79 Å². The Kier molecular flexibility index (Phi) is 3.30. The summed E-state index contributed by atoms with van der Waals surface area (Å²) in [6.07, 6.45) is 0.804. The van der Waals surface area contributed by atoms with Crippen molar-refractivity contribution in [1.82, 2.24) is 0 Å². The predicted molar refractivity (Wildman–Crippen MR) is 71.7 cm³/mol. The number of carbonyl (C=O) groups is 1. The molecule has 0 atom stereocenters. The van der Waals surface area contributed by atoms with Crippen LogP contribution in [0.25, 0.3) is 11.1 Å². The van der Waals surface area contributed by atoms with Crippen molar-refractivity contribution in [3.8, 4) is 11.1 Å². The van der Waals surface area contributed by atoms with Gasteiger partial charge in [-0.25, -0.2) is 0 Å².